The van der Waals surface area contributed by atoms with Crippen LogP contribution in [0.3, 0.4) is 0 Å². The number of aromatic nitrogens is 2. The Hall–Kier alpha value is -2.34. The zero-order valence-corrected chi connectivity index (χ0v) is 20.0. The van der Waals surface area contributed by atoms with Crippen molar-refractivity contribution in [1.82, 2.24) is 10.2 Å². The standard InChI is InChI=1S/C21H18F3N2O5PS2/c1-12(10-31-32(27,28)29)19-25-26-20(34-19)14-6-7-17(16(9-14)21(22,23)24)30-11-15-8-13-4-2-3-5-18(13)33-15/h2-9,12H,10-11H2,1H3,(H2,27,28,29)/t12-/m1/s1. The van der Waals surface area contributed by atoms with Crippen molar-refractivity contribution in [3.63, 3.8) is 0 Å². The van der Waals surface area contributed by atoms with Crippen LogP contribution in [0.5, 0.6) is 5.75 Å². The Morgan fingerprint density at radius 3 is 2.56 bits per heavy atom. The van der Waals surface area contributed by atoms with Gasteiger partial charge in [0.05, 0.1) is 12.2 Å². The molecule has 13 heteroatoms. The van der Waals surface area contributed by atoms with Gasteiger partial charge < -0.3 is 14.5 Å². The number of benzene rings is 2. The second-order valence-electron chi connectivity index (χ2n) is 7.38. The number of thiophene rings is 1. The molecule has 0 amide bonds. The zero-order chi connectivity index (χ0) is 24.5. The van der Waals surface area contributed by atoms with Crippen LogP contribution in [0, 0.1) is 0 Å². The number of fused-ring (bicyclic) bond motifs is 1. The number of nitrogens with zero attached hydrogens (tertiary/aromatic N) is 2. The largest absolute Gasteiger partial charge is 0.487 e. The van der Waals surface area contributed by atoms with Crippen LogP contribution in [0.2, 0.25) is 0 Å². The molecule has 0 spiro atoms. The van der Waals surface area contributed by atoms with E-state index in [2.05, 4.69) is 14.7 Å². The second-order valence-corrected chi connectivity index (χ2v) is 10.8. The molecule has 0 unspecified atom stereocenters. The number of phosphoric acid groups is 1. The second kappa shape index (κ2) is 9.73. The molecule has 34 heavy (non-hydrogen) atoms. The number of alkyl halides is 3. The quantitative estimate of drug-likeness (QED) is 0.260. The average Bonchev–Trinajstić information content (AvgIpc) is 3.42. The molecule has 7 nitrogen and oxygen atoms in total. The monoisotopic (exact) mass is 530 g/mol. The summed E-state index contributed by atoms with van der Waals surface area (Å²) in [6.45, 7) is 1.31. The van der Waals surface area contributed by atoms with E-state index in [0.29, 0.717) is 5.01 Å². The molecule has 0 radical (unpaired) electrons. The van der Waals surface area contributed by atoms with Gasteiger partial charge in [-0.2, -0.15) is 13.2 Å². The van der Waals surface area contributed by atoms with E-state index in [1.807, 2.05) is 30.3 Å². The summed E-state index contributed by atoms with van der Waals surface area (Å²) in [5.41, 5.74) is -0.728. The van der Waals surface area contributed by atoms with Gasteiger partial charge in [-0.05, 0) is 35.7 Å². The zero-order valence-electron chi connectivity index (χ0n) is 17.5. The van der Waals surface area contributed by atoms with Crippen LogP contribution in [-0.4, -0.2) is 26.6 Å². The Labute approximate surface area is 200 Å². The SMILES string of the molecule is C[C@H](COP(=O)(O)O)c1nnc(-c2ccc(OCc3cc4ccccc4s3)c(C(F)(F)F)c2)s1. The van der Waals surface area contributed by atoms with Gasteiger partial charge in [-0.3, -0.25) is 4.52 Å². The summed E-state index contributed by atoms with van der Waals surface area (Å²) in [6, 6.07) is 13.2. The van der Waals surface area contributed by atoms with E-state index in [1.165, 1.54) is 23.5 Å². The van der Waals surface area contributed by atoms with Gasteiger partial charge in [0.2, 0.25) is 0 Å². The smallest absolute Gasteiger partial charge is 0.469 e. The molecule has 2 N–H and O–H groups in total. The highest BCUT2D eigenvalue weighted by molar-refractivity contribution is 7.46. The Morgan fingerprint density at radius 2 is 1.85 bits per heavy atom. The number of halogens is 3. The molecule has 0 bridgehead atoms. The summed E-state index contributed by atoms with van der Waals surface area (Å²) in [5.74, 6) is -0.799. The van der Waals surface area contributed by atoms with Crippen LogP contribution in [0.1, 0.15) is 28.3 Å². The topological polar surface area (TPSA) is 102 Å². The van der Waals surface area contributed by atoms with Gasteiger partial charge in [0.15, 0.2) is 0 Å². The van der Waals surface area contributed by atoms with Gasteiger partial charge in [-0.25, -0.2) is 4.57 Å². The van der Waals surface area contributed by atoms with Crippen molar-refractivity contribution in [2.75, 3.05) is 6.61 Å². The lowest BCUT2D eigenvalue weighted by Crippen LogP contribution is -2.09. The molecule has 180 valence electrons. The fourth-order valence-corrected chi connectivity index (χ4v) is 5.37. The molecule has 0 fully saturated rings. The molecule has 0 saturated heterocycles. The number of phosphoric ester groups is 1. The summed E-state index contributed by atoms with van der Waals surface area (Å²) in [6.07, 6.45) is -4.65. The minimum absolute atomic E-state index is 0.00180. The van der Waals surface area contributed by atoms with Crippen LogP contribution < -0.4 is 4.74 Å². The highest BCUT2D eigenvalue weighted by Crippen LogP contribution is 2.41. The van der Waals surface area contributed by atoms with E-state index in [-0.39, 0.29) is 29.5 Å². The normalized spacial score (nSPS) is 13.4. The van der Waals surface area contributed by atoms with Crippen molar-refractivity contribution in [3.05, 3.63) is 64.0 Å². The molecule has 2 aromatic heterocycles. The number of ether oxygens (including phenoxy) is 1. The summed E-state index contributed by atoms with van der Waals surface area (Å²) in [7, 11) is -4.64. The third kappa shape index (κ3) is 6.01. The van der Waals surface area contributed by atoms with Crippen molar-refractivity contribution < 1.29 is 36.8 Å². The number of hydrogen-bond donors (Lipinski definition) is 2. The predicted molar refractivity (Wildman–Crippen MR) is 123 cm³/mol. The van der Waals surface area contributed by atoms with Crippen molar-refractivity contribution >= 4 is 40.6 Å². The van der Waals surface area contributed by atoms with E-state index in [9.17, 15) is 17.7 Å². The first-order valence-corrected chi connectivity index (χ1v) is 13.0. The van der Waals surface area contributed by atoms with Crippen molar-refractivity contribution in [1.29, 1.82) is 0 Å². The van der Waals surface area contributed by atoms with Crippen molar-refractivity contribution in [2.45, 2.75) is 25.6 Å². The van der Waals surface area contributed by atoms with E-state index in [1.54, 1.807) is 6.92 Å². The third-order valence-corrected chi connectivity index (χ3v) is 7.51. The molecule has 1 atom stereocenters. The van der Waals surface area contributed by atoms with E-state index in [0.717, 1.165) is 32.4 Å². The molecule has 0 saturated carbocycles. The molecule has 0 aliphatic heterocycles. The van der Waals surface area contributed by atoms with Gasteiger partial charge in [-0.15, -0.1) is 21.5 Å². The van der Waals surface area contributed by atoms with Crippen molar-refractivity contribution in [2.24, 2.45) is 0 Å². The van der Waals surface area contributed by atoms with Gasteiger partial charge >= 0.3 is 14.0 Å². The Kier molecular flexibility index (Phi) is 7.09. The summed E-state index contributed by atoms with van der Waals surface area (Å²) in [4.78, 5) is 18.4. The first kappa shape index (κ1) is 24.8. The van der Waals surface area contributed by atoms with Gasteiger partial charge in [-0.1, -0.05) is 36.5 Å². The highest BCUT2D eigenvalue weighted by atomic mass is 32.1. The summed E-state index contributed by atoms with van der Waals surface area (Å²) < 4.78 is 63.3. The molecular formula is C21H18F3N2O5PS2. The molecule has 4 rings (SSSR count). The summed E-state index contributed by atoms with van der Waals surface area (Å²) in [5, 5.41) is 9.48. The first-order chi connectivity index (χ1) is 16.0. The lowest BCUT2D eigenvalue weighted by Gasteiger charge is -2.14. The lowest BCUT2D eigenvalue weighted by atomic mass is 10.1. The molecule has 0 aliphatic carbocycles. The van der Waals surface area contributed by atoms with Crippen LogP contribution in [0.25, 0.3) is 20.7 Å². The van der Waals surface area contributed by atoms with Crippen LogP contribution >= 0.6 is 30.5 Å². The number of hydrogen-bond acceptors (Lipinski definition) is 7. The highest BCUT2D eigenvalue weighted by Gasteiger charge is 2.35. The van der Waals surface area contributed by atoms with Crippen LogP contribution in [0.4, 0.5) is 13.2 Å². The van der Waals surface area contributed by atoms with E-state index >= 15 is 0 Å². The molecule has 0 aliphatic rings. The van der Waals surface area contributed by atoms with Crippen LogP contribution in [0.15, 0.2) is 48.5 Å². The molecular weight excluding hydrogens is 512 g/mol. The molecule has 4 aromatic rings. The fourth-order valence-electron chi connectivity index (χ4n) is 3.10. The first-order valence-electron chi connectivity index (χ1n) is 9.85. The molecule has 2 heterocycles. The van der Waals surface area contributed by atoms with Crippen LogP contribution in [-0.2, 0) is 21.9 Å². The number of rotatable bonds is 8. The maximum Gasteiger partial charge on any atom is 0.469 e. The van der Waals surface area contributed by atoms with Gasteiger partial charge in [0.1, 0.15) is 22.4 Å². The van der Waals surface area contributed by atoms with E-state index < -0.39 is 25.5 Å². The maximum absolute atomic E-state index is 13.8. The Balaban J connectivity index is 1.54. The van der Waals surface area contributed by atoms with E-state index in [4.69, 9.17) is 14.5 Å². The fraction of sp³-hybridized carbons (Fsp3) is 0.238. The van der Waals surface area contributed by atoms with Crippen molar-refractivity contribution in [3.8, 4) is 16.3 Å². The average molecular weight is 530 g/mol. The lowest BCUT2D eigenvalue weighted by molar-refractivity contribution is -0.139. The minimum Gasteiger partial charge on any atom is -0.487 e. The Morgan fingerprint density at radius 1 is 1.09 bits per heavy atom. The van der Waals surface area contributed by atoms with Gasteiger partial charge in [0, 0.05) is 21.1 Å². The maximum atomic E-state index is 13.8. The minimum atomic E-state index is -4.65. The Bertz CT molecular complexity index is 1320. The third-order valence-electron chi connectivity index (χ3n) is 4.73. The van der Waals surface area contributed by atoms with Gasteiger partial charge in [0.25, 0.3) is 0 Å². The molecule has 2 aromatic carbocycles. The summed E-state index contributed by atoms with van der Waals surface area (Å²) >= 11 is 2.48. The predicted octanol–water partition coefficient (Wildman–Crippen LogP) is 6.23.